The molecule has 13 atom stereocenters. The van der Waals surface area contributed by atoms with Crippen LogP contribution in [0.4, 0.5) is 11.6 Å². The third kappa shape index (κ3) is 37.3. The minimum Gasteiger partial charge on any atom is -0.756 e. The number of anilines is 2. The molecule has 4 amide bonds. The third-order valence-electron chi connectivity index (χ3n) is 15.1. The van der Waals surface area contributed by atoms with Gasteiger partial charge >= 0.3 is 44.8 Å². The van der Waals surface area contributed by atoms with E-state index >= 15 is 0 Å². The highest BCUT2D eigenvalue weighted by atomic mass is 31.3. The monoisotopic (exact) mass is 1870 g/mol. The van der Waals surface area contributed by atoms with Gasteiger partial charge in [0.25, 0.3) is 19.6 Å². The Balaban J connectivity index is 0.000000384. The van der Waals surface area contributed by atoms with Crippen LogP contribution in [0.2, 0.25) is 0 Å². The fourth-order valence-corrected chi connectivity index (χ4v) is 16.1. The van der Waals surface area contributed by atoms with Gasteiger partial charge in [-0.3, -0.25) is 37.4 Å². The molecular formula is C59H79N24O35P6-. The molecular weight excluding hydrogens is 1790 g/mol. The maximum absolute atomic E-state index is 12.8. The van der Waals surface area contributed by atoms with Crippen molar-refractivity contribution in [2.24, 2.45) is 26.2 Å². The molecule has 0 aliphatic carbocycles. The quantitative estimate of drug-likeness (QED) is 0.00661. The fourth-order valence-electron chi connectivity index (χ4n) is 10.1. The zero-order valence-electron chi connectivity index (χ0n) is 64.2. The van der Waals surface area contributed by atoms with Crippen LogP contribution in [0.1, 0.15) is 70.5 Å². The molecule has 676 valence electrons. The number of nitrogens with zero attached hydrogens (tertiary/aromatic N) is 17. The van der Waals surface area contributed by atoms with Crippen LogP contribution in [-0.2, 0) is 101 Å². The van der Waals surface area contributed by atoms with Crippen molar-refractivity contribution in [3.05, 3.63) is 142 Å². The number of nitrogens with two attached hydrogens (primary N) is 3. The SMILES string of the molecule is CCCNC(=O)c1cccc(OCC(N=[N+]=[N-])OCCOCC(=O)NCC#Cc2cn(C3C[C@H](OCN=[N+]=[N-])C(COP(=O)(O)OP(=O)(O)OP(=O)([O-])O)O3)c(=O)nc2N)c1.[N-]=[N+]=NCOC1CC(n2cc(C#CCNC(=O)COCCOC(COc3cccc(C(=O)NCCN)c3)N=[N+]=[N-])c3c(N)ncnc32)OC1COP(=O)(O)OP(=O)(O)OP(=O)(O)O. The van der Waals surface area contributed by atoms with Crippen LogP contribution < -0.4 is 58.5 Å². The van der Waals surface area contributed by atoms with Gasteiger partial charge in [-0.15, -0.1) is 0 Å². The van der Waals surface area contributed by atoms with Crippen LogP contribution in [0.5, 0.6) is 11.5 Å². The fraction of sp³-hybridized carbons (Fsp3) is 0.492. The van der Waals surface area contributed by atoms with Crippen LogP contribution in [0.15, 0.2) is 92.5 Å². The second kappa shape index (κ2) is 50.7. The molecule has 124 heavy (non-hydrogen) atoms. The van der Waals surface area contributed by atoms with E-state index in [0.717, 1.165) is 23.5 Å². The van der Waals surface area contributed by atoms with Crippen LogP contribution in [0.25, 0.3) is 52.8 Å². The molecule has 5 heterocycles. The lowest BCUT2D eigenvalue weighted by molar-refractivity contribution is -0.212. The maximum atomic E-state index is 12.8. The van der Waals surface area contributed by atoms with Crippen LogP contribution in [-0.4, -0.2) is 231 Å². The number of nitrogen functional groups attached to an aromatic ring is 2. The van der Waals surface area contributed by atoms with E-state index in [9.17, 15) is 75.8 Å². The number of benzene rings is 2. The second-order valence-corrected chi connectivity index (χ2v) is 32.8. The van der Waals surface area contributed by atoms with Crippen molar-refractivity contribution in [2.75, 3.05) is 124 Å². The molecule has 0 bridgehead atoms. The summed E-state index contributed by atoms with van der Waals surface area (Å²) in [6.07, 6.45) is -4.85. The normalized spacial score (nSPS) is 18.8. The molecule has 12 unspecified atom stereocenters. The van der Waals surface area contributed by atoms with Crippen molar-refractivity contribution >= 4 is 93.2 Å². The number of phosphoric acid groups is 6. The summed E-state index contributed by atoms with van der Waals surface area (Å²) < 4.78 is 151. The zero-order valence-corrected chi connectivity index (χ0v) is 69.6. The summed E-state index contributed by atoms with van der Waals surface area (Å²) in [5.41, 5.74) is 52.8. The Morgan fingerprint density at radius 1 is 0.629 bits per heavy atom. The molecule has 65 heteroatoms. The zero-order chi connectivity index (χ0) is 91.1. The minimum absolute atomic E-state index is 0.00709. The van der Waals surface area contributed by atoms with Crippen LogP contribution in [0.3, 0.4) is 0 Å². The van der Waals surface area contributed by atoms with Gasteiger partial charge in [0.2, 0.25) is 11.8 Å². The van der Waals surface area contributed by atoms with Gasteiger partial charge in [-0.1, -0.05) is 63.2 Å². The first kappa shape index (κ1) is 103. The summed E-state index contributed by atoms with van der Waals surface area (Å²) in [5.74, 6) is 9.56. The summed E-state index contributed by atoms with van der Waals surface area (Å²) in [7, 11) is -34.3. The van der Waals surface area contributed by atoms with Gasteiger partial charge in [-0.05, 0) is 64.9 Å². The number of ether oxygens (including phenoxy) is 10. The molecule has 17 N–H and O–H groups in total. The van der Waals surface area contributed by atoms with Crippen molar-refractivity contribution in [1.82, 2.24) is 45.4 Å². The molecule has 2 aliphatic heterocycles. The minimum atomic E-state index is -5.90. The lowest BCUT2D eigenvalue weighted by Crippen LogP contribution is -2.30. The molecule has 3 aromatic heterocycles. The Bertz CT molecular complexity index is 5220. The van der Waals surface area contributed by atoms with E-state index in [2.05, 4.69) is 122 Å². The smallest absolute Gasteiger partial charge is 0.490 e. The number of hydrogen-bond donors (Lipinski definition) is 14. The summed E-state index contributed by atoms with van der Waals surface area (Å²) in [6.45, 7) is -1.74. The number of phosphoric ester groups is 2. The Morgan fingerprint density at radius 3 is 1.57 bits per heavy atom. The van der Waals surface area contributed by atoms with Gasteiger partial charge in [0, 0.05) is 75.6 Å². The molecule has 0 spiro atoms. The van der Waals surface area contributed by atoms with Crippen LogP contribution >= 0.6 is 46.9 Å². The summed E-state index contributed by atoms with van der Waals surface area (Å²) >= 11 is 0. The van der Waals surface area contributed by atoms with Crippen molar-refractivity contribution in [3.63, 3.8) is 0 Å². The third-order valence-corrected chi connectivity index (χ3v) is 22.7. The number of nitrogens with one attached hydrogen (secondary N) is 4. The molecule has 2 saturated heterocycles. The van der Waals surface area contributed by atoms with E-state index in [-0.39, 0.29) is 124 Å². The number of amides is 4. The first-order chi connectivity index (χ1) is 58.8. The average Bonchev–Trinajstić information content (AvgIpc) is 1.61. The Kier molecular flexibility index (Phi) is 42.0. The Morgan fingerprint density at radius 2 is 1.10 bits per heavy atom. The van der Waals surface area contributed by atoms with Gasteiger partial charge in [0.15, 0.2) is 12.5 Å². The first-order valence-corrected chi connectivity index (χ1v) is 44.1. The number of carbonyl (C=O) groups excluding carboxylic acids is 4. The Hall–Kier alpha value is -10.2. The van der Waals surface area contributed by atoms with Crippen molar-refractivity contribution in [1.29, 1.82) is 0 Å². The molecule has 2 aromatic carbocycles. The van der Waals surface area contributed by atoms with E-state index in [1.54, 1.807) is 36.4 Å². The summed E-state index contributed by atoms with van der Waals surface area (Å²) in [5, 5.41) is 24.2. The summed E-state index contributed by atoms with van der Waals surface area (Å²) in [6, 6.07) is 12.7. The number of azide groups is 4. The number of hydrogen-bond acceptors (Lipinski definition) is 38. The second-order valence-electron chi connectivity index (χ2n) is 24.0. The average molecular weight is 1870 g/mol. The number of rotatable bonds is 50. The predicted molar refractivity (Wildman–Crippen MR) is 414 cm³/mol. The molecule has 59 nitrogen and oxygen atoms in total. The van der Waals surface area contributed by atoms with E-state index in [1.807, 2.05) is 6.92 Å². The summed E-state index contributed by atoms with van der Waals surface area (Å²) in [4.78, 5) is 160. The lowest BCUT2D eigenvalue weighted by atomic mass is 10.2. The topological polar surface area (TPSA) is 870 Å². The molecule has 2 fully saturated rings. The van der Waals surface area contributed by atoms with Crippen molar-refractivity contribution in [3.8, 4) is 35.2 Å². The van der Waals surface area contributed by atoms with Gasteiger partial charge in [-0.2, -0.15) is 17.9 Å². The molecule has 7 rings (SSSR count). The van der Waals surface area contributed by atoms with Crippen LogP contribution in [0, 0.1) is 23.7 Å². The van der Waals surface area contributed by atoms with Crippen molar-refractivity contribution in [2.45, 2.75) is 75.5 Å². The number of fused-ring (bicyclic) bond motifs is 1. The van der Waals surface area contributed by atoms with Crippen molar-refractivity contribution < 1.29 is 159 Å². The highest BCUT2D eigenvalue weighted by molar-refractivity contribution is 7.67. The largest absolute Gasteiger partial charge is 0.756 e. The predicted octanol–water partition coefficient (Wildman–Crippen LogP) is 2.04. The van der Waals surface area contributed by atoms with E-state index in [1.165, 1.54) is 22.9 Å². The highest BCUT2D eigenvalue weighted by Gasteiger charge is 2.46. The highest BCUT2D eigenvalue weighted by Crippen LogP contribution is 2.67. The van der Waals surface area contributed by atoms with Gasteiger partial charge in [0.05, 0.1) is 81.5 Å². The van der Waals surface area contributed by atoms with E-state index < -0.39 is 147 Å². The first-order valence-electron chi connectivity index (χ1n) is 35.1. The maximum Gasteiger partial charge on any atom is 0.490 e. The van der Waals surface area contributed by atoms with Gasteiger partial charge < -0.3 is 130 Å². The van der Waals surface area contributed by atoms with E-state index in [4.69, 9.17) is 106 Å². The molecule has 0 saturated carbocycles. The molecule has 5 aromatic rings. The number of aromatic nitrogens is 5. The molecule has 2 aliphatic rings. The standard InChI is InChI=1S/C30H40N13O17P3.C29H40N11O18P3/c31-6-8-36-30(45)19-3-1-5-21(11-19)55-16-25(40-42-34)54-10-9-53-15-24(44)35-7-2-4-20-13-43(29-27(20)28(32)37-17-38-29)26-12-22(56-18-39-41-33)23(58-26)14-57-62(49,50)60-63(51,52)59-61(46,47)48;1-2-8-34-28(42)19-5-3-7-21(12-19)53-17-25(37-39-32)52-11-10-51-16-24(41)33-9-4-6-20-14-40(29(43)36-27(20)30)26-13-22(54-18-35-38-31)23(56-26)15-55-60(47,48)58-61(49,50)57-59(44,45)46/h1,3,5,11,13,17,22-23,25-26H,6-10,12,14-16,18,31H2,(H,35,44)(H,36,45)(H,49,50)(H,51,52)(H2,32,37,38)(H2,46,47,48);3,5,7,12,14,22-23,25-26H,2,8-11,13,15-18H2,1H3,(H,33,41)(H,34,42)(H,47,48)(H,49,50)(H2,30,36,43)(H2,44,45,46)/p-1/t;22-,23?,25?,26?/m.0/s1. The van der Waals surface area contributed by atoms with Gasteiger partial charge in [-0.25, -0.2) is 41.9 Å². The molecule has 0 radical (unpaired) electrons. The van der Waals surface area contributed by atoms with E-state index in [0.29, 0.717) is 35.7 Å². The lowest BCUT2D eigenvalue weighted by Gasteiger charge is -2.22. The number of carbonyl (C=O) groups is 4. The van der Waals surface area contributed by atoms with Gasteiger partial charge in [0.1, 0.15) is 99.7 Å². The Labute approximate surface area is 697 Å².